The summed E-state index contributed by atoms with van der Waals surface area (Å²) < 4.78 is 0. The van der Waals surface area contributed by atoms with Crippen molar-refractivity contribution in [3.05, 3.63) is 36.9 Å². The minimum Gasteiger partial charge on any atom is -0.395 e. The lowest BCUT2D eigenvalue weighted by Gasteiger charge is -2.19. The molecule has 0 fully saturated rings. The van der Waals surface area contributed by atoms with Gasteiger partial charge >= 0.3 is 6.03 Å². The van der Waals surface area contributed by atoms with Crippen molar-refractivity contribution in [3.8, 4) is 0 Å². The first-order valence-corrected chi connectivity index (χ1v) is 4.97. The molecule has 0 aliphatic heterocycles. The predicted molar refractivity (Wildman–Crippen MR) is 61.4 cm³/mol. The maximum absolute atomic E-state index is 11.0. The molecule has 15 heavy (non-hydrogen) atoms. The van der Waals surface area contributed by atoms with E-state index in [2.05, 4.69) is 33.1 Å². The average Bonchev–Trinajstić information content (AvgIpc) is 2.17. The molecule has 0 saturated heterocycles. The summed E-state index contributed by atoms with van der Waals surface area (Å²) in [5.41, 5.74) is 2.19. The van der Waals surface area contributed by atoms with E-state index in [1.807, 2.05) is 24.3 Å². The van der Waals surface area contributed by atoms with Gasteiger partial charge < -0.3 is 5.32 Å². The molecule has 0 unspecified atom stereocenters. The minimum atomic E-state index is -0.182. The molecule has 0 aliphatic rings. The van der Waals surface area contributed by atoms with Crippen LogP contribution in [0.3, 0.4) is 0 Å². The molecule has 0 heterocycles. The van der Waals surface area contributed by atoms with Crippen LogP contribution in [0.25, 0.3) is 0 Å². The number of nitrogens with two attached hydrogens (primary N) is 1. The number of hydrogen-bond donors (Lipinski definition) is 2. The molecule has 0 saturated carbocycles. The number of rotatable bonds is 1. The molecule has 2 amide bonds. The Kier molecular flexibility index (Phi) is 3.48. The second-order valence-electron chi connectivity index (χ2n) is 4.52. The van der Waals surface area contributed by atoms with Gasteiger partial charge in [0.05, 0.1) is 0 Å². The molecule has 0 radical (unpaired) electrons. The number of quaternary nitrogens is 1. The van der Waals surface area contributed by atoms with Crippen molar-refractivity contribution in [3.63, 3.8) is 0 Å². The Morgan fingerprint density at radius 1 is 1.27 bits per heavy atom. The van der Waals surface area contributed by atoms with Gasteiger partial charge in [0, 0.05) is 5.69 Å². The van der Waals surface area contributed by atoms with Gasteiger partial charge in [0.15, 0.2) is 0 Å². The van der Waals surface area contributed by atoms with Crippen molar-refractivity contribution in [1.29, 1.82) is 0 Å². The van der Waals surface area contributed by atoms with Gasteiger partial charge in [-0.25, -0.2) is 4.79 Å². The van der Waals surface area contributed by atoms with E-state index in [9.17, 15) is 4.79 Å². The Morgan fingerprint density at radius 2 is 1.80 bits per heavy atom. The summed E-state index contributed by atoms with van der Waals surface area (Å²) in [4.78, 5) is 11.0. The topological polar surface area (TPSA) is 45.7 Å². The summed E-state index contributed by atoms with van der Waals surface area (Å²) in [5.74, 6) is 0. The van der Waals surface area contributed by atoms with E-state index >= 15 is 0 Å². The van der Waals surface area contributed by atoms with E-state index in [1.54, 1.807) is 0 Å². The zero-order chi connectivity index (χ0) is 11.5. The highest BCUT2D eigenvalue weighted by molar-refractivity contribution is 5.81. The van der Waals surface area contributed by atoms with Gasteiger partial charge in [0.1, 0.15) is 0 Å². The van der Waals surface area contributed by atoms with Gasteiger partial charge in [-0.2, -0.15) is 0 Å². The first-order valence-electron chi connectivity index (χ1n) is 4.97. The summed E-state index contributed by atoms with van der Waals surface area (Å²) in [6, 6.07) is 7.68. The molecule has 0 spiro atoms. The number of urea groups is 1. The average molecular weight is 206 g/mol. The number of benzene rings is 1. The molecular weight excluding hydrogens is 188 g/mol. The maximum Gasteiger partial charge on any atom is 0.391 e. The van der Waals surface area contributed by atoms with Crippen molar-refractivity contribution in [2.45, 2.75) is 26.2 Å². The van der Waals surface area contributed by atoms with Crippen LogP contribution in [-0.4, -0.2) is 6.03 Å². The third kappa shape index (κ3) is 3.36. The van der Waals surface area contributed by atoms with E-state index in [-0.39, 0.29) is 11.4 Å². The summed E-state index contributed by atoms with van der Waals surface area (Å²) in [5, 5.41) is 3.97. The summed E-state index contributed by atoms with van der Waals surface area (Å²) in [6.45, 7) is 6.47. The Balaban J connectivity index is 2.77. The molecule has 0 bridgehead atoms. The van der Waals surface area contributed by atoms with Gasteiger partial charge in [-0.05, 0) is 23.1 Å². The first kappa shape index (κ1) is 11.7. The zero-order valence-electron chi connectivity index (χ0n) is 9.50. The lowest BCUT2D eigenvalue weighted by atomic mass is 9.87. The number of nitrogens with one attached hydrogen (secondary N) is 1. The number of primary amides is 1. The van der Waals surface area contributed by atoms with E-state index < -0.39 is 0 Å². The van der Waals surface area contributed by atoms with E-state index in [4.69, 9.17) is 0 Å². The molecule has 3 nitrogen and oxygen atoms in total. The smallest absolute Gasteiger partial charge is 0.391 e. The molecule has 1 aromatic carbocycles. The van der Waals surface area contributed by atoms with Crippen molar-refractivity contribution in [2.75, 3.05) is 5.32 Å². The van der Waals surface area contributed by atoms with Crippen LogP contribution < -0.4 is 10.6 Å². The normalized spacial score (nSPS) is 11.2. The Morgan fingerprint density at radius 3 is 2.20 bits per heavy atom. The first-order chi connectivity index (χ1) is 6.93. The van der Waals surface area contributed by atoms with Crippen LogP contribution in [-0.2, 0) is 5.41 Å². The monoisotopic (exact) mass is 206 g/mol. The van der Waals surface area contributed by atoms with Crippen LogP contribution in [0.5, 0.6) is 0 Å². The van der Waals surface area contributed by atoms with Crippen molar-refractivity contribution in [2.24, 2.45) is 0 Å². The number of carbonyl (C=O) groups is 1. The Labute approximate surface area is 90.9 Å². The van der Waals surface area contributed by atoms with E-state index in [0.717, 1.165) is 5.69 Å². The lowest BCUT2D eigenvalue weighted by molar-refractivity contribution is -0.485. The van der Waals surface area contributed by atoms with Crippen LogP contribution >= 0.6 is 0 Å². The molecule has 0 aliphatic carbocycles. The van der Waals surface area contributed by atoms with Crippen molar-refractivity contribution in [1.82, 2.24) is 0 Å². The fourth-order valence-corrected chi connectivity index (χ4v) is 1.25. The number of amides is 2. The third-order valence-electron chi connectivity index (χ3n) is 2.20. The molecule has 3 N–H and O–H groups in total. The summed E-state index contributed by atoms with van der Waals surface area (Å²) >= 11 is 0. The Hall–Kier alpha value is -1.35. The maximum atomic E-state index is 11.0. The van der Waals surface area contributed by atoms with Gasteiger partial charge in [-0.15, -0.1) is 7.05 Å². The molecule has 1 rings (SSSR count). The lowest BCUT2D eigenvalue weighted by Crippen LogP contribution is -2.82. The highest BCUT2D eigenvalue weighted by atomic mass is 16.2. The van der Waals surface area contributed by atoms with E-state index in [0.29, 0.717) is 0 Å². The highest BCUT2D eigenvalue weighted by Crippen LogP contribution is 2.23. The second-order valence-corrected chi connectivity index (χ2v) is 4.52. The quantitative estimate of drug-likeness (QED) is 0.677. The SMILES string of the molecule is [CH2-][NH2+]C(=O)Nc1ccc(C(C)(C)C)cc1. The fourth-order valence-electron chi connectivity index (χ4n) is 1.25. The molecule has 82 valence electrons. The molecular formula is C12H18N2O. The third-order valence-corrected chi connectivity index (χ3v) is 2.20. The predicted octanol–water partition coefficient (Wildman–Crippen LogP) is 1.87. The second kappa shape index (κ2) is 4.45. The molecule has 3 heteroatoms. The van der Waals surface area contributed by atoms with Crippen LogP contribution in [0.4, 0.5) is 10.5 Å². The van der Waals surface area contributed by atoms with E-state index in [1.165, 1.54) is 10.9 Å². The van der Waals surface area contributed by atoms with Gasteiger partial charge in [-0.3, -0.25) is 5.32 Å². The standard InChI is InChI=1S/C12H18N2O/c1-12(2,3)9-5-7-10(8-6-9)14-11(15)13-4/h5-8H,4,13H2,1-3H3,(H,14,15). The van der Waals surface area contributed by atoms with Crippen molar-refractivity contribution >= 4 is 11.7 Å². The summed E-state index contributed by atoms with van der Waals surface area (Å²) in [6.07, 6.45) is 0. The number of hydrogen-bond acceptors (Lipinski definition) is 1. The molecule has 0 aromatic heterocycles. The van der Waals surface area contributed by atoms with Gasteiger partial charge in [-0.1, -0.05) is 32.9 Å². The zero-order valence-corrected chi connectivity index (χ0v) is 9.50. The molecule has 0 atom stereocenters. The highest BCUT2D eigenvalue weighted by Gasteiger charge is 2.12. The minimum absolute atomic E-state index is 0.140. The Bertz CT molecular complexity index is 336. The van der Waals surface area contributed by atoms with Crippen LogP contribution in [0.2, 0.25) is 0 Å². The van der Waals surface area contributed by atoms with Crippen LogP contribution in [0.1, 0.15) is 26.3 Å². The largest absolute Gasteiger partial charge is 0.395 e. The molecule has 1 aromatic rings. The number of anilines is 1. The van der Waals surface area contributed by atoms with Crippen LogP contribution in [0, 0.1) is 7.05 Å². The van der Waals surface area contributed by atoms with Crippen molar-refractivity contribution < 1.29 is 10.1 Å². The van der Waals surface area contributed by atoms with Crippen LogP contribution in [0.15, 0.2) is 24.3 Å². The van der Waals surface area contributed by atoms with Gasteiger partial charge in [0.25, 0.3) is 0 Å². The fraction of sp³-hybridized carbons (Fsp3) is 0.333. The number of carbonyl (C=O) groups excluding carboxylic acids is 1. The summed E-state index contributed by atoms with van der Waals surface area (Å²) in [7, 11) is 3.40. The van der Waals surface area contributed by atoms with Gasteiger partial charge in [0.2, 0.25) is 0 Å².